The Balaban J connectivity index is 1.69. The van der Waals surface area contributed by atoms with Crippen LogP contribution in [0.15, 0.2) is 67.4 Å². The number of aromatic nitrogens is 5. The van der Waals surface area contributed by atoms with Crippen molar-refractivity contribution < 1.29 is 0 Å². The molecule has 0 radical (unpaired) electrons. The Kier molecular flexibility index (Phi) is 4.00. The Labute approximate surface area is 149 Å². The summed E-state index contributed by atoms with van der Waals surface area (Å²) in [6.45, 7) is 0. The van der Waals surface area contributed by atoms with E-state index in [0.29, 0.717) is 34.4 Å². The van der Waals surface area contributed by atoms with Crippen LogP contribution in [-0.2, 0) is 0 Å². The van der Waals surface area contributed by atoms with Crippen molar-refractivity contribution in [2.24, 2.45) is 5.84 Å². The quantitative estimate of drug-likeness (QED) is 0.383. The fraction of sp³-hybridized carbons (Fsp3) is 0. The Bertz CT molecular complexity index is 1040. The fourth-order valence-electron chi connectivity index (χ4n) is 2.53. The molecule has 3 aromatic heterocycles. The van der Waals surface area contributed by atoms with Crippen LogP contribution in [0.5, 0.6) is 0 Å². The average Bonchev–Trinajstić information content (AvgIpc) is 3.19. The number of nitrogen functional groups attached to an aromatic ring is 2. The summed E-state index contributed by atoms with van der Waals surface area (Å²) in [6.07, 6.45) is 6.79. The predicted molar refractivity (Wildman–Crippen MR) is 100 cm³/mol. The van der Waals surface area contributed by atoms with Crippen molar-refractivity contribution in [1.29, 1.82) is 0 Å². The number of nitrogens with zero attached hydrogens (tertiary/aromatic N) is 5. The van der Waals surface area contributed by atoms with Gasteiger partial charge < -0.3 is 11.2 Å². The van der Waals surface area contributed by atoms with Crippen LogP contribution < -0.4 is 17.0 Å². The molecule has 26 heavy (non-hydrogen) atoms. The van der Waals surface area contributed by atoms with Gasteiger partial charge in [0, 0.05) is 18.0 Å². The molecule has 3 heterocycles. The van der Waals surface area contributed by atoms with Gasteiger partial charge in [-0.1, -0.05) is 30.3 Å². The fourth-order valence-corrected chi connectivity index (χ4v) is 2.53. The molecule has 0 fully saturated rings. The van der Waals surface area contributed by atoms with E-state index in [2.05, 4.69) is 25.4 Å². The monoisotopic (exact) mass is 344 g/mol. The highest BCUT2D eigenvalue weighted by atomic mass is 15.2. The van der Waals surface area contributed by atoms with Crippen molar-refractivity contribution in [3.05, 3.63) is 67.4 Å². The van der Waals surface area contributed by atoms with Gasteiger partial charge in [-0.15, -0.1) is 0 Å². The van der Waals surface area contributed by atoms with Crippen LogP contribution in [0, 0.1) is 0 Å². The SMILES string of the molecule is NNc1cc(-c2cn(-c3ccnc(-c4ccccc4)n3)cn2)ncc1N. The number of hydrogen-bond donors (Lipinski definition) is 3. The van der Waals surface area contributed by atoms with Crippen LogP contribution in [0.3, 0.4) is 0 Å². The van der Waals surface area contributed by atoms with Crippen molar-refractivity contribution in [1.82, 2.24) is 24.5 Å². The van der Waals surface area contributed by atoms with Gasteiger partial charge in [0.25, 0.3) is 0 Å². The number of anilines is 2. The highest BCUT2D eigenvalue weighted by Gasteiger charge is 2.09. The molecule has 128 valence electrons. The largest absolute Gasteiger partial charge is 0.396 e. The summed E-state index contributed by atoms with van der Waals surface area (Å²) < 4.78 is 1.82. The van der Waals surface area contributed by atoms with Gasteiger partial charge in [-0.3, -0.25) is 15.4 Å². The van der Waals surface area contributed by atoms with E-state index in [1.165, 1.54) is 0 Å². The first kappa shape index (κ1) is 15.7. The molecule has 4 rings (SSSR count). The molecule has 8 heteroatoms. The lowest BCUT2D eigenvalue weighted by atomic mass is 10.2. The average molecular weight is 344 g/mol. The molecule has 1 aromatic carbocycles. The first-order valence-corrected chi connectivity index (χ1v) is 7.90. The summed E-state index contributed by atoms with van der Waals surface area (Å²) in [7, 11) is 0. The maximum atomic E-state index is 5.80. The number of nitrogens with one attached hydrogen (secondary N) is 1. The zero-order chi connectivity index (χ0) is 17.9. The van der Waals surface area contributed by atoms with Crippen LogP contribution in [-0.4, -0.2) is 24.5 Å². The van der Waals surface area contributed by atoms with Crippen molar-refractivity contribution in [3.8, 4) is 28.6 Å². The van der Waals surface area contributed by atoms with Crippen molar-refractivity contribution in [2.45, 2.75) is 0 Å². The topological polar surface area (TPSA) is 121 Å². The predicted octanol–water partition coefficient (Wildman–Crippen LogP) is 2.26. The van der Waals surface area contributed by atoms with E-state index in [1.54, 1.807) is 24.8 Å². The molecule has 0 aliphatic carbocycles. The van der Waals surface area contributed by atoms with Gasteiger partial charge in [0.2, 0.25) is 0 Å². The summed E-state index contributed by atoms with van der Waals surface area (Å²) >= 11 is 0. The number of hydrazine groups is 1. The van der Waals surface area contributed by atoms with Crippen LogP contribution in [0.25, 0.3) is 28.6 Å². The van der Waals surface area contributed by atoms with E-state index in [9.17, 15) is 0 Å². The van der Waals surface area contributed by atoms with Crippen LogP contribution >= 0.6 is 0 Å². The Morgan fingerprint density at radius 3 is 2.62 bits per heavy atom. The zero-order valence-electron chi connectivity index (χ0n) is 13.7. The Morgan fingerprint density at radius 1 is 0.962 bits per heavy atom. The second-order valence-corrected chi connectivity index (χ2v) is 5.57. The maximum absolute atomic E-state index is 5.80. The number of nitrogens with two attached hydrogens (primary N) is 2. The van der Waals surface area contributed by atoms with Crippen molar-refractivity contribution >= 4 is 11.4 Å². The van der Waals surface area contributed by atoms with Gasteiger partial charge in [-0.05, 0) is 12.1 Å². The second-order valence-electron chi connectivity index (χ2n) is 5.57. The van der Waals surface area contributed by atoms with Crippen LogP contribution in [0.4, 0.5) is 11.4 Å². The highest BCUT2D eigenvalue weighted by molar-refractivity contribution is 5.70. The molecule has 0 atom stereocenters. The lowest BCUT2D eigenvalue weighted by Gasteiger charge is -2.05. The molecule has 5 N–H and O–H groups in total. The first-order chi connectivity index (χ1) is 12.7. The van der Waals surface area contributed by atoms with Gasteiger partial charge in [0.1, 0.15) is 17.8 Å². The van der Waals surface area contributed by atoms with Gasteiger partial charge in [0.15, 0.2) is 5.82 Å². The lowest BCUT2D eigenvalue weighted by molar-refractivity contribution is 0.975. The van der Waals surface area contributed by atoms with Gasteiger partial charge in [-0.25, -0.2) is 15.0 Å². The first-order valence-electron chi connectivity index (χ1n) is 7.90. The summed E-state index contributed by atoms with van der Waals surface area (Å²) in [5, 5.41) is 0. The summed E-state index contributed by atoms with van der Waals surface area (Å²) in [4.78, 5) is 17.6. The number of benzene rings is 1. The molecule has 0 saturated heterocycles. The minimum absolute atomic E-state index is 0.471. The molecule has 0 bridgehead atoms. The van der Waals surface area contributed by atoms with E-state index < -0.39 is 0 Å². The molecule has 0 spiro atoms. The minimum atomic E-state index is 0.471. The second kappa shape index (κ2) is 6.61. The molecule has 0 aliphatic heterocycles. The van der Waals surface area contributed by atoms with Gasteiger partial charge in [0.05, 0.1) is 23.3 Å². The maximum Gasteiger partial charge on any atom is 0.161 e. The smallest absolute Gasteiger partial charge is 0.161 e. The highest BCUT2D eigenvalue weighted by Crippen LogP contribution is 2.24. The zero-order valence-corrected chi connectivity index (χ0v) is 13.7. The lowest BCUT2D eigenvalue weighted by Crippen LogP contribution is -2.09. The van der Waals surface area contributed by atoms with Crippen LogP contribution in [0.2, 0.25) is 0 Å². The molecule has 0 amide bonds. The number of pyridine rings is 1. The Hall–Kier alpha value is -3.78. The molecule has 0 unspecified atom stereocenters. The van der Waals surface area contributed by atoms with Crippen molar-refractivity contribution in [2.75, 3.05) is 11.2 Å². The standard InChI is InChI=1S/C18H16N8/c19-13-9-22-15(8-14(13)25-20)16-10-26(11-23-16)17-6-7-21-18(24-17)12-4-2-1-3-5-12/h1-11H,19-20H2,(H,22,25). The third-order valence-corrected chi connectivity index (χ3v) is 3.87. The number of imidazole rings is 1. The summed E-state index contributed by atoms with van der Waals surface area (Å²) in [6, 6.07) is 13.4. The summed E-state index contributed by atoms with van der Waals surface area (Å²) in [5.41, 5.74) is 11.7. The van der Waals surface area contributed by atoms with E-state index in [0.717, 1.165) is 5.56 Å². The number of hydrogen-bond acceptors (Lipinski definition) is 7. The molecule has 4 aromatic rings. The van der Waals surface area contributed by atoms with Crippen LogP contribution in [0.1, 0.15) is 0 Å². The van der Waals surface area contributed by atoms with Gasteiger partial charge >= 0.3 is 0 Å². The Morgan fingerprint density at radius 2 is 1.81 bits per heavy atom. The van der Waals surface area contributed by atoms with E-state index in [4.69, 9.17) is 11.6 Å². The van der Waals surface area contributed by atoms with E-state index in [1.807, 2.05) is 47.2 Å². The normalized spacial score (nSPS) is 10.7. The number of rotatable bonds is 4. The van der Waals surface area contributed by atoms with Crippen molar-refractivity contribution in [3.63, 3.8) is 0 Å². The third-order valence-electron chi connectivity index (χ3n) is 3.87. The summed E-state index contributed by atoms with van der Waals surface area (Å²) in [5.74, 6) is 6.83. The molecule has 0 saturated carbocycles. The minimum Gasteiger partial charge on any atom is -0.396 e. The molecular weight excluding hydrogens is 328 g/mol. The molecular formula is C18H16N8. The third kappa shape index (κ3) is 2.96. The van der Waals surface area contributed by atoms with E-state index in [-0.39, 0.29) is 0 Å². The molecule has 8 nitrogen and oxygen atoms in total. The van der Waals surface area contributed by atoms with Gasteiger partial charge in [-0.2, -0.15) is 0 Å². The molecule has 0 aliphatic rings. The van der Waals surface area contributed by atoms with E-state index >= 15 is 0 Å².